The summed E-state index contributed by atoms with van der Waals surface area (Å²) in [6, 6.07) is 9.43. The highest BCUT2D eigenvalue weighted by molar-refractivity contribution is 7.80. The second kappa shape index (κ2) is 5.85. The minimum absolute atomic E-state index is 0.296. The molecule has 1 aliphatic rings. The highest BCUT2D eigenvalue weighted by atomic mass is 32.1. The molecule has 112 valence electrons. The molecule has 1 aromatic carbocycles. The van der Waals surface area contributed by atoms with Crippen molar-refractivity contribution < 1.29 is 9.53 Å². The van der Waals surface area contributed by atoms with Crippen LogP contribution in [0.15, 0.2) is 41.6 Å². The average molecular weight is 304 g/mol. The number of carbonyl (C=O) groups excluding carboxylic acids is 1. The van der Waals surface area contributed by atoms with Gasteiger partial charge in [-0.25, -0.2) is 4.79 Å². The Labute approximate surface area is 130 Å². The van der Waals surface area contributed by atoms with Gasteiger partial charge in [0.1, 0.15) is 5.60 Å². The maximum absolute atomic E-state index is 12.5. The molecule has 5 heteroatoms. The topological polar surface area (TPSA) is 50.4 Å². The second-order valence-electron chi connectivity index (χ2n) is 5.98. The summed E-state index contributed by atoms with van der Waals surface area (Å²) in [6.45, 7) is 7.40. The van der Waals surface area contributed by atoms with Crippen LogP contribution in [0, 0.1) is 0 Å². The lowest BCUT2D eigenvalue weighted by molar-refractivity contribution is -0.150. The SMILES string of the molecule is CC1=C(C(=O)OC(C)(C)C)C(c2ccccc2)NC(=S)N1. The van der Waals surface area contributed by atoms with Gasteiger partial charge < -0.3 is 15.4 Å². The molecule has 0 aliphatic carbocycles. The molecule has 0 spiro atoms. The van der Waals surface area contributed by atoms with Crippen molar-refractivity contribution in [2.45, 2.75) is 39.3 Å². The molecular weight excluding hydrogens is 284 g/mol. The van der Waals surface area contributed by atoms with E-state index in [2.05, 4.69) is 10.6 Å². The van der Waals surface area contributed by atoms with Crippen molar-refractivity contribution in [1.29, 1.82) is 0 Å². The van der Waals surface area contributed by atoms with Crippen LogP contribution in [0.1, 0.15) is 39.3 Å². The van der Waals surface area contributed by atoms with Crippen LogP contribution in [-0.2, 0) is 9.53 Å². The molecule has 0 fully saturated rings. The van der Waals surface area contributed by atoms with Crippen LogP contribution in [0.2, 0.25) is 0 Å². The Kier molecular flexibility index (Phi) is 4.32. The molecule has 1 aliphatic heterocycles. The van der Waals surface area contributed by atoms with Crippen LogP contribution in [0.4, 0.5) is 0 Å². The lowest BCUT2D eigenvalue weighted by Gasteiger charge is -2.31. The predicted octanol–water partition coefficient (Wildman–Crippen LogP) is 2.82. The normalized spacial score (nSPS) is 18.9. The van der Waals surface area contributed by atoms with E-state index in [-0.39, 0.29) is 12.0 Å². The van der Waals surface area contributed by atoms with Gasteiger partial charge >= 0.3 is 5.97 Å². The summed E-state index contributed by atoms with van der Waals surface area (Å²) in [5.41, 5.74) is 1.72. The summed E-state index contributed by atoms with van der Waals surface area (Å²) in [4.78, 5) is 12.5. The van der Waals surface area contributed by atoms with Crippen molar-refractivity contribution in [3.05, 3.63) is 47.2 Å². The van der Waals surface area contributed by atoms with Gasteiger partial charge in [-0.05, 0) is 45.5 Å². The predicted molar refractivity (Wildman–Crippen MR) is 86.6 cm³/mol. The number of thiocarbonyl (C=S) groups is 1. The molecular formula is C16H20N2O2S. The van der Waals surface area contributed by atoms with E-state index in [1.165, 1.54) is 0 Å². The summed E-state index contributed by atoms with van der Waals surface area (Å²) in [5, 5.41) is 6.64. The summed E-state index contributed by atoms with van der Waals surface area (Å²) in [7, 11) is 0. The summed E-state index contributed by atoms with van der Waals surface area (Å²) in [6.07, 6.45) is 0. The molecule has 1 atom stereocenters. The molecule has 2 rings (SSSR count). The van der Waals surface area contributed by atoms with Gasteiger partial charge in [-0.2, -0.15) is 0 Å². The third kappa shape index (κ3) is 3.82. The number of rotatable bonds is 2. The molecule has 0 saturated carbocycles. The molecule has 1 heterocycles. The molecule has 0 bridgehead atoms. The fourth-order valence-corrected chi connectivity index (χ4v) is 2.46. The highest BCUT2D eigenvalue weighted by Crippen LogP contribution is 2.28. The standard InChI is InChI=1S/C16H20N2O2S/c1-10-12(14(19)20-16(2,3)4)13(18-15(21)17-10)11-8-6-5-7-9-11/h5-9,13H,1-4H3,(H2,17,18,21). The summed E-state index contributed by atoms with van der Waals surface area (Å²) < 4.78 is 5.51. The molecule has 2 N–H and O–H groups in total. The number of carbonyl (C=O) groups is 1. The van der Waals surface area contributed by atoms with Crippen molar-refractivity contribution in [2.75, 3.05) is 0 Å². The fourth-order valence-electron chi connectivity index (χ4n) is 2.19. The molecule has 1 aromatic rings. The Morgan fingerprint density at radius 3 is 2.43 bits per heavy atom. The molecule has 0 saturated heterocycles. The van der Waals surface area contributed by atoms with Gasteiger partial charge in [-0.1, -0.05) is 30.3 Å². The van der Waals surface area contributed by atoms with Crippen molar-refractivity contribution in [2.24, 2.45) is 0 Å². The zero-order valence-electron chi connectivity index (χ0n) is 12.7. The molecule has 1 unspecified atom stereocenters. The zero-order chi connectivity index (χ0) is 15.6. The second-order valence-corrected chi connectivity index (χ2v) is 6.39. The van der Waals surface area contributed by atoms with Crippen LogP contribution in [0.25, 0.3) is 0 Å². The number of allylic oxidation sites excluding steroid dienone is 1. The third-order valence-corrected chi connectivity index (χ3v) is 3.24. The van der Waals surface area contributed by atoms with E-state index < -0.39 is 5.60 Å². The van der Waals surface area contributed by atoms with Crippen molar-refractivity contribution in [3.8, 4) is 0 Å². The minimum Gasteiger partial charge on any atom is -0.456 e. The Morgan fingerprint density at radius 2 is 1.86 bits per heavy atom. The van der Waals surface area contributed by atoms with E-state index in [9.17, 15) is 4.79 Å². The Balaban J connectivity index is 2.40. The van der Waals surface area contributed by atoms with Crippen molar-refractivity contribution >= 4 is 23.3 Å². The summed E-state index contributed by atoms with van der Waals surface area (Å²) in [5.74, 6) is -0.337. The Bertz CT molecular complexity index is 588. The zero-order valence-corrected chi connectivity index (χ0v) is 13.5. The lowest BCUT2D eigenvalue weighted by atomic mass is 9.95. The van der Waals surface area contributed by atoms with Gasteiger partial charge in [-0.3, -0.25) is 0 Å². The molecule has 21 heavy (non-hydrogen) atoms. The van der Waals surface area contributed by atoms with E-state index in [0.29, 0.717) is 10.7 Å². The van der Waals surface area contributed by atoms with E-state index in [4.69, 9.17) is 17.0 Å². The van der Waals surface area contributed by atoms with Crippen molar-refractivity contribution in [3.63, 3.8) is 0 Å². The Hall–Kier alpha value is -1.88. The van der Waals surface area contributed by atoms with Gasteiger partial charge in [0.05, 0.1) is 11.6 Å². The van der Waals surface area contributed by atoms with Crippen LogP contribution in [0.5, 0.6) is 0 Å². The Morgan fingerprint density at radius 1 is 1.24 bits per heavy atom. The highest BCUT2D eigenvalue weighted by Gasteiger charge is 2.32. The van der Waals surface area contributed by atoms with E-state index in [1.54, 1.807) is 0 Å². The van der Waals surface area contributed by atoms with Gasteiger partial charge in [0.25, 0.3) is 0 Å². The first kappa shape index (κ1) is 15.5. The number of hydrogen-bond donors (Lipinski definition) is 2. The lowest BCUT2D eigenvalue weighted by Crippen LogP contribution is -2.45. The van der Waals surface area contributed by atoms with Gasteiger partial charge in [0, 0.05) is 5.70 Å². The largest absolute Gasteiger partial charge is 0.456 e. The fraction of sp³-hybridized carbons (Fsp3) is 0.375. The number of ether oxygens (including phenoxy) is 1. The van der Waals surface area contributed by atoms with E-state index in [0.717, 1.165) is 11.3 Å². The number of benzene rings is 1. The maximum atomic E-state index is 12.5. The first-order valence-electron chi connectivity index (χ1n) is 6.84. The number of hydrogen-bond acceptors (Lipinski definition) is 3. The van der Waals surface area contributed by atoms with Gasteiger partial charge in [0.2, 0.25) is 0 Å². The number of nitrogens with one attached hydrogen (secondary N) is 2. The van der Waals surface area contributed by atoms with Crippen LogP contribution in [-0.4, -0.2) is 16.7 Å². The van der Waals surface area contributed by atoms with Crippen LogP contribution < -0.4 is 10.6 Å². The maximum Gasteiger partial charge on any atom is 0.338 e. The molecule has 0 radical (unpaired) electrons. The van der Waals surface area contributed by atoms with Crippen LogP contribution in [0.3, 0.4) is 0 Å². The molecule has 0 amide bonds. The smallest absolute Gasteiger partial charge is 0.338 e. The van der Waals surface area contributed by atoms with Gasteiger partial charge in [0.15, 0.2) is 5.11 Å². The number of esters is 1. The third-order valence-electron chi connectivity index (χ3n) is 3.02. The van der Waals surface area contributed by atoms with Crippen molar-refractivity contribution in [1.82, 2.24) is 10.6 Å². The average Bonchev–Trinajstić information content (AvgIpc) is 2.36. The van der Waals surface area contributed by atoms with E-state index >= 15 is 0 Å². The first-order chi connectivity index (χ1) is 9.78. The monoisotopic (exact) mass is 304 g/mol. The molecule has 4 nitrogen and oxygen atoms in total. The summed E-state index contributed by atoms with van der Waals surface area (Å²) >= 11 is 5.20. The van der Waals surface area contributed by atoms with Crippen LogP contribution >= 0.6 is 12.2 Å². The van der Waals surface area contributed by atoms with E-state index in [1.807, 2.05) is 58.0 Å². The first-order valence-corrected chi connectivity index (χ1v) is 7.25. The van der Waals surface area contributed by atoms with Gasteiger partial charge in [-0.15, -0.1) is 0 Å². The minimum atomic E-state index is -0.538. The molecule has 0 aromatic heterocycles. The quantitative estimate of drug-likeness (QED) is 0.650.